The first-order chi connectivity index (χ1) is 15.7. The molecule has 0 saturated carbocycles. The van der Waals surface area contributed by atoms with E-state index < -0.39 is 0 Å². The molecule has 5 nitrogen and oxygen atoms in total. The fourth-order valence-electron chi connectivity index (χ4n) is 4.18. The molecular formula is C25H21FN4OS. The number of thiocarbonyl (C=S) groups is 1. The summed E-state index contributed by atoms with van der Waals surface area (Å²) in [6.07, 6.45) is 3.75. The molecule has 1 N–H and O–H groups in total. The smallest absolute Gasteiger partial charge is 0.174 e. The molecule has 0 bridgehead atoms. The van der Waals surface area contributed by atoms with Crippen LogP contribution in [0.1, 0.15) is 23.5 Å². The molecule has 32 heavy (non-hydrogen) atoms. The Balaban J connectivity index is 1.66. The van der Waals surface area contributed by atoms with E-state index in [4.69, 9.17) is 17.0 Å². The molecule has 4 aromatic rings. The number of para-hydroxylation sites is 1. The van der Waals surface area contributed by atoms with E-state index in [-0.39, 0.29) is 17.9 Å². The van der Waals surface area contributed by atoms with E-state index in [9.17, 15) is 4.39 Å². The number of rotatable bonds is 5. The number of ether oxygens (including phenoxy) is 1. The van der Waals surface area contributed by atoms with Gasteiger partial charge in [0.05, 0.1) is 24.5 Å². The van der Waals surface area contributed by atoms with Crippen molar-refractivity contribution >= 4 is 23.0 Å². The molecule has 1 fully saturated rings. The van der Waals surface area contributed by atoms with Gasteiger partial charge in [0.2, 0.25) is 0 Å². The van der Waals surface area contributed by atoms with Gasteiger partial charge in [-0.05, 0) is 72.9 Å². The predicted octanol–water partition coefficient (Wildman–Crippen LogP) is 5.20. The Hall–Kier alpha value is -3.71. The van der Waals surface area contributed by atoms with Crippen LogP contribution >= 0.6 is 12.2 Å². The Morgan fingerprint density at radius 2 is 1.75 bits per heavy atom. The average Bonchev–Trinajstić information content (AvgIpc) is 3.44. The normalized spacial score (nSPS) is 17.9. The van der Waals surface area contributed by atoms with Gasteiger partial charge in [0.25, 0.3) is 0 Å². The van der Waals surface area contributed by atoms with E-state index >= 15 is 0 Å². The highest BCUT2D eigenvalue weighted by molar-refractivity contribution is 7.80. The summed E-state index contributed by atoms with van der Waals surface area (Å²) in [6.45, 7) is 0. The van der Waals surface area contributed by atoms with Crippen molar-refractivity contribution in [3.63, 3.8) is 0 Å². The van der Waals surface area contributed by atoms with E-state index in [0.717, 1.165) is 22.8 Å². The Kier molecular flexibility index (Phi) is 5.33. The lowest BCUT2D eigenvalue weighted by molar-refractivity contribution is 0.414. The number of nitrogens with one attached hydrogen (secondary N) is 1. The topological polar surface area (TPSA) is 42.3 Å². The van der Waals surface area contributed by atoms with E-state index in [1.165, 1.54) is 6.07 Å². The first kappa shape index (κ1) is 20.2. The van der Waals surface area contributed by atoms with Crippen LogP contribution in [0.15, 0.2) is 91.3 Å². The van der Waals surface area contributed by atoms with E-state index in [0.29, 0.717) is 10.8 Å². The Morgan fingerprint density at radius 3 is 2.47 bits per heavy atom. The van der Waals surface area contributed by atoms with Gasteiger partial charge in [-0.15, -0.1) is 0 Å². The number of anilines is 1. The van der Waals surface area contributed by atoms with Crippen LogP contribution in [0.25, 0.3) is 5.69 Å². The number of nitrogens with zero attached hydrogens (tertiary/aromatic N) is 3. The summed E-state index contributed by atoms with van der Waals surface area (Å²) in [6, 6.07) is 23.7. The minimum Gasteiger partial charge on any atom is -0.497 e. The fraction of sp³-hybridized carbons (Fsp3) is 0.120. The highest BCUT2D eigenvalue weighted by Crippen LogP contribution is 2.42. The first-order valence-electron chi connectivity index (χ1n) is 10.2. The molecular weight excluding hydrogens is 423 g/mol. The van der Waals surface area contributed by atoms with Gasteiger partial charge in [-0.1, -0.05) is 18.2 Å². The van der Waals surface area contributed by atoms with Gasteiger partial charge in [0, 0.05) is 23.8 Å². The lowest BCUT2D eigenvalue weighted by Crippen LogP contribution is -2.31. The van der Waals surface area contributed by atoms with Gasteiger partial charge < -0.3 is 19.5 Å². The number of hydrogen-bond acceptors (Lipinski definition) is 3. The minimum atomic E-state index is -0.328. The first-order valence-corrected chi connectivity index (χ1v) is 10.6. The average molecular weight is 445 g/mol. The van der Waals surface area contributed by atoms with Gasteiger partial charge >= 0.3 is 0 Å². The predicted molar refractivity (Wildman–Crippen MR) is 127 cm³/mol. The van der Waals surface area contributed by atoms with Crippen LogP contribution in [-0.4, -0.2) is 21.8 Å². The van der Waals surface area contributed by atoms with Crippen molar-refractivity contribution in [2.75, 3.05) is 12.0 Å². The van der Waals surface area contributed by atoms with Gasteiger partial charge in [0.1, 0.15) is 17.6 Å². The number of halogens is 1. The summed E-state index contributed by atoms with van der Waals surface area (Å²) in [5, 5.41) is 3.83. The van der Waals surface area contributed by atoms with Crippen LogP contribution in [0.5, 0.6) is 5.75 Å². The second-order valence-electron chi connectivity index (χ2n) is 7.45. The Bertz CT molecular complexity index is 1240. The largest absolute Gasteiger partial charge is 0.497 e. The molecule has 0 unspecified atom stereocenters. The second-order valence-corrected chi connectivity index (χ2v) is 7.84. The summed E-state index contributed by atoms with van der Waals surface area (Å²) in [5.41, 5.74) is 3.19. The molecule has 0 aliphatic carbocycles. The number of benzene rings is 2. The molecule has 0 amide bonds. The third-order valence-corrected chi connectivity index (χ3v) is 5.96. The molecule has 1 saturated heterocycles. The van der Waals surface area contributed by atoms with Crippen molar-refractivity contribution in [3.05, 3.63) is 108 Å². The van der Waals surface area contributed by atoms with Gasteiger partial charge in [-0.3, -0.25) is 4.98 Å². The quantitative estimate of drug-likeness (QED) is 0.429. The molecule has 2 atom stereocenters. The van der Waals surface area contributed by atoms with Crippen LogP contribution in [0.4, 0.5) is 10.1 Å². The molecule has 0 spiro atoms. The van der Waals surface area contributed by atoms with E-state index in [2.05, 4.69) is 14.9 Å². The molecule has 2 aromatic heterocycles. The Morgan fingerprint density at radius 1 is 0.969 bits per heavy atom. The van der Waals surface area contributed by atoms with Gasteiger partial charge in [-0.25, -0.2) is 4.39 Å². The molecule has 160 valence electrons. The van der Waals surface area contributed by atoms with Gasteiger partial charge in [-0.2, -0.15) is 0 Å². The summed E-state index contributed by atoms with van der Waals surface area (Å²) >= 11 is 5.70. The SMILES string of the molecule is COc1ccc(-n2cccc2[C@H]2[C@@H](c3ccccn3)NC(=S)N2c2ccccc2F)cc1. The maximum Gasteiger partial charge on any atom is 0.174 e. The van der Waals surface area contributed by atoms with Crippen LogP contribution < -0.4 is 15.0 Å². The third-order valence-electron chi connectivity index (χ3n) is 5.64. The van der Waals surface area contributed by atoms with Crippen LogP contribution in [0.3, 0.4) is 0 Å². The molecule has 1 aliphatic heterocycles. The lowest BCUT2D eigenvalue weighted by Gasteiger charge is -2.29. The van der Waals surface area contributed by atoms with Crippen molar-refractivity contribution in [1.29, 1.82) is 0 Å². The zero-order valence-electron chi connectivity index (χ0n) is 17.4. The van der Waals surface area contributed by atoms with Crippen molar-refractivity contribution < 1.29 is 9.13 Å². The van der Waals surface area contributed by atoms with Crippen molar-refractivity contribution in [2.24, 2.45) is 0 Å². The second kappa shape index (κ2) is 8.43. The zero-order valence-corrected chi connectivity index (χ0v) is 18.2. The van der Waals surface area contributed by atoms with Gasteiger partial charge in [0.15, 0.2) is 5.11 Å². The molecule has 3 heterocycles. The third kappa shape index (κ3) is 3.50. The Labute approximate surface area is 191 Å². The van der Waals surface area contributed by atoms with Crippen molar-refractivity contribution in [3.8, 4) is 11.4 Å². The lowest BCUT2D eigenvalue weighted by atomic mass is 10.0. The number of pyridine rings is 1. The molecule has 7 heteroatoms. The van der Waals surface area contributed by atoms with Crippen molar-refractivity contribution in [2.45, 2.75) is 12.1 Å². The molecule has 0 radical (unpaired) electrons. The summed E-state index contributed by atoms with van der Waals surface area (Å²) in [4.78, 5) is 6.41. The highest BCUT2D eigenvalue weighted by atomic mass is 32.1. The van der Waals surface area contributed by atoms with E-state index in [1.54, 1.807) is 25.4 Å². The molecule has 2 aromatic carbocycles. The summed E-state index contributed by atoms with van der Waals surface area (Å²) in [7, 11) is 1.64. The van der Waals surface area contributed by atoms with Crippen LogP contribution in [0.2, 0.25) is 0 Å². The standard InChI is InChI=1S/C25H21FN4OS/c1-31-18-13-11-17(12-14-18)29-16-6-10-22(29)24-23(20-8-4-5-15-27-20)28-25(32)30(24)21-9-3-2-7-19(21)26/h2-16,23-24H,1H3,(H,28,32)/t23-,24+/m1/s1. The summed E-state index contributed by atoms with van der Waals surface area (Å²) < 4.78 is 22.3. The fourth-order valence-corrected chi connectivity index (χ4v) is 4.51. The zero-order chi connectivity index (χ0) is 22.1. The number of aromatic nitrogens is 2. The summed E-state index contributed by atoms with van der Waals surface area (Å²) in [5.74, 6) is 0.455. The van der Waals surface area contributed by atoms with Crippen molar-refractivity contribution in [1.82, 2.24) is 14.9 Å². The maximum atomic E-state index is 14.9. The van der Waals surface area contributed by atoms with Crippen LogP contribution in [-0.2, 0) is 0 Å². The number of methoxy groups -OCH3 is 1. The van der Waals surface area contributed by atoms with E-state index in [1.807, 2.05) is 71.8 Å². The highest BCUT2D eigenvalue weighted by Gasteiger charge is 2.42. The maximum absolute atomic E-state index is 14.9. The number of hydrogen-bond donors (Lipinski definition) is 1. The molecule has 1 aliphatic rings. The monoisotopic (exact) mass is 444 g/mol. The minimum absolute atomic E-state index is 0.254. The van der Waals surface area contributed by atoms with Crippen LogP contribution in [0, 0.1) is 5.82 Å². The molecule has 5 rings (SSSR count).